The first-order valence-electron chi connectivity index (χ1n) is 11.8. The number of thioether (sulfide) groups is 1. The van der Waals surface area contributed by atoms with Crippen LogP contribution in [0, 0.1) is 34.6 Å². The molecular weight excluding hydrogens is 474 g/mol. The van der Waals surface area contributed by atoms with Crippen LogP contribution >= 0.6 is 23.1 Å². The SMILES string of the molecule is CCCc1sc2nc(SCC(=O)Nc3cc(C)cc(C)c3)n(-c3ccc(C)c(C)c3)c(=O)c2c1C. The molecule has 7 heteroatoms. The van der Waals surface area contributed by atoms with Crippen LogP contribution in [0.5, 0.6) is 0 Å². The van der Waals surface area contributed by atoms with Gasteiger partial charge in [-0.05, 0) is 93.1 Å². The number of aromatic nitrogens is 2. The first-order chi connectivity index (χ1) is 16.7. The summed E-state index contributed by atoms with van der Waals surface area (Å²) in [7, 11) is 0. The lowest BCUT2D eigenvalue weighted by Crippen LogP contribution is -2.23. The minimum atomic E-state index is -0.130. The predicted octanol–water partition coefficient (Wildman–Crippen LogP) is 6.67. The van der Waals surface area contributed by atoms with Gasteiger partial charge in [0.25, 0.3) is 5.56 Å². The monoisotopic (exact) mass is 505 g/mol. The van der Waals surface area contributed by atoms with Gasteiger partial charge in [-0.1, -0.05) is 37.2 Å². The van der Waals surface area contributed by atoms with Crippen LogP contribution in [-0.4, -0.2) is 21.2 Å². The highest BCUT2D eigenvalue weighted by Gasteiger charge is 2.20. The number of hydrogen-bond donors (Lipinski definition) is 1. The molecule has 1 N–H and O–H groups in total. The molecule has 4 aromatic rings. The maximum Gasteiger partial charge on any atom is 0.267 e. The number of fused-ring (bicyclic) bond motifs is 1. The standard InChI is InChI=1S/C28H31N3O2S2/c1-7-8-23-20(6)25-26(35-23)30-28(31(27(25)33)22-10-9-18(4)19(5)14-22)34-15-24(32)29-21-12-16(2)11-17(3)13-21/h9-14H,7-8,15H2,1-6H3,(H,29,32). The molecule has 182 valence electrons. The Hall–Kier alpha value is -2.90. The summed E-state index contributed by atoms with van der Waals surface area (Å²) in [5, 5.41) is 4.19. The van der Waals surface area contributed by atoms with Crippen molar-refractivity contribution in [1.29, 1.82) is 0 Å². The van der Waals surface area contributed by atoms with Crippen LogP contribution in [0.1, 0.15) is 46.0 Å². The van der Waals surface area contributed by atoms with Crippen LogP contribution in [0.2, 0.25) is 0 Å². The van der Waals surface area contributed by atoms with Crippen molar-refractivity contribution in [3.05, 3.63) is 79.4 Å². The second kappa shape index (κ2) is 10.4. The lowest BCUT2D eigenvalue weighted by Gasteiger charge is -2.14. The number of hydrogen-bond acceptors (Lipinski definition) is 5. The summed E-state index contributed by atoms with van der Waals surface area (Å²) < 4.78 is 1.67. The number of nitrogens with one attached hydrogen (secondary N) is 1. The molecule has 0 saturated carbocycles. The molecule has 2 aromatic heterocycles. The summed E-state index contributed by atoms with van der Waals surface area (Å²) in [6.45, 7) is 12.3. The van der Waals surface area contributed by atoms with Gasteiger partial charge < -0.3 is 5.32 Å². The van der Waals surface area contributed by atoms with Crippen molar-refractivity contribution < 1.29 is 4.79 Å². The molecule has 0 bridgehead atoms. The van der Waals surface area contributed by atoms with Crippen LogP contribution in [-0.2, 0) is 11.2 Å². The Kier molecular flexibility index (Phi) is 7.47. The normalized spacial score (nSPS) is 11.3. The van der Waals surface area contributed by atoms with E-state index in [0.717, 1.165) is 56.9 Å². The zero-order chi connectivity index (χ0) is 25.3. The minimum Gasteiger partial charge on any atom is -0.325 e. The van der Waals surface area contributed by atoms with Gasteiger partial charge in [-0.2, -0.15) is 0 Å². The first-order valence-corrected chi connectivity index (χ1v) is 13.6. The molecule has 0 aliphatic heterocycles. The van der Waals surface area contributed by atoms with Crippen LogP contribution < -0.4 is 10.9 Å². The Morgan fingerprint density at radius 3 is 2.40 bits per heavy atom. The number of carbonyl (C=O) groups excluding carboxylic acids is 1. The summed E-state index contributed by atoms with van der Waals surface area (Å²) in [5.74, 6) is 0.0251. The van der Waals surface area contributed by atoms with Gasteiger partial charge in [0, 0.05) is 10.6 Å². The molecule has 0 spiro atoms. The van der Waals surface area contributed by atoms with Crippen molar-refractivity contribution in [3.63, 3.8) is 0 Å². The van der Waals surface area contributed by atoms with E-state index in [9.17, 15) is 9.59 Å². The van der Waals surface area contributed by atoms with Crippen molar-refractivity contribution in [2.24, 2.45) is 0 Å². The maximum absolute atomic E-state index is 13.8. The van der Waals surface area contributed by atoms with Crippen molar-refractivity contribution in [2.45, 2.75) is 59.5 Å². The minimum absolute atomic E-state index is 0.0772. The van der Waals surface area contributed by atoms with Gasteiger partial charge in [-0.15, -0.1) is 11.3 Å². The highest BCUT2D eigenvalue weighted by atomic mass is 32.2. The zero-order valence-electron chi connectivity index (χ0n) is 21.1. The van der Waals surface area contributed by atoms with Gasteiger partial charge in [0.1, 0.15) is 4.83 Å². The fourth-order valence-corrected chi connectivity index (χ4v) is 6.37. The van der Waals surface area contributed by atoms with Gasteiger partial charge in [-0.3, -0.25) is 14.2 Å². The van der Waals surface area contributed by atoms with Crippen molar-refractivity contribution in [3.8, 4) is 5.69 Å². The fourth-order valence-electron chi connectivity index (χ4n) is 4.24. The van der Waals surface area contributed by atoms with Gasteiger partial charge in [0.2, 0.25) is 5.91 Å². The Bertz CT molecular complexity index is 1460. The van der Waals surface area contributed by atoms with E-state index in [-0.39, 0.29) is 17.2 Å². The second-order valence-electron chi connectivity index (χ2n) is 9.10. The summed E-state index contributed by atoms with van der Waals surface area (Å²) in [4.78, 5) is 33.5. The molecule has 0 fully saturated rings. The predicted molar refractivity (Wildman–Crippen MR) is 149 cm³/mol. The van der Waals surface area contributed by atoms with Crippen LogP contribution in [0.15, 0.2) is 46.3 Å². The summed E-state index contributed by atoms with van der Waals surface area (Å²) in [6, 6.07) is 12.0. The quantitative estimate of drug-likeness (QED) is 0.225. The van der Waals surface area contributed by atoms with E-state index in [1.54, 1.807) is 15.9 Å². The van der Waals surface area contributed by atoms with E-state index in [1.807, 2.05) is 58.0 Å². The topological polar surface area (TPSA) is 64.0 Å². The lowest BCUT2D eigenvalue weighted by molar-refractivity contribution is -0.113. The van der Waals surface area contributed by atoms with Crippen molar-refractivity contribution in [1.82, 2.24) is 9.55 Å². The van der Waals surface area contributed by atoms with E-state index in [4.69, 9.17) is 4.98 Å². The molecule has 5 nitrogen and oxygen atoms in total. The van der Waals surface area contributed by atoms with Crippen molar-refractivity contribution in [2.75, 3.05) is 11.1 Å². The van der Waals surface area contributed by atoms with Crippen LogP contribution in [0.3, 0.4) is 0 Å². The molecule has 0 unspecified atom stereocenters. The highest BCUT2D eigenvalue weighted by Crippen LogP contribution is 2.31. The number of thiophene rings is 1. The van der Waals surface area contributed by atoms with E-state index < -0.39 is 0 Å². The molecule has 0 atom stereocenters. The molecule has 2 heterocycles. The number of nitrogens with zero attached hydrogens (tertiary/aromatic N) is 2. The Balaban J connectivity index is 1.74. The fraction of sp³-hybridized carbons (Fsp3) is 0.321. The van der Waals surface area contributed by atoms with Gasteiger partial charge in [0.15, 0.2) is 5.16 Å². The van der Waals surface area contributed by atoms with Crippen molar-refractivity contribution >= 4 is 44.9 Å². The maximum atomic E-state index is 13.8. The Morgan fingerprint density at radius 2 is 1.74 bits per heavy atom. The van der Waals surface area contributed by atoms with Crippen LogP contribution in [0.4, 0.5) is 5.69 Å². The largest absolute Gasteiger partial charge is 0.325 e. The lowest BCUT2D eigenvalue weighted by atomic mass is 10.1. The summed E-state index contributed by atoms with van der Waals surface area (Å²) in [6.07, 6.45) is 1.94. The molecule has 2 aromatic carbocycles. The number of benzene rings is 2. The summed E-state index contributed by atoms with van der Waals surface area (Å²) in [5.41, 5.74) is 6.95. The second-order valence-corrected chi connectivity index (χ2v) is 11.1. The number of aryl methyl sites for hydroxylation is 6. The molecule has 35 heavy (non-hydrogen) atoms. The number of anilines is 1. The zero-order valence-corrected chi connectivity index (χ0v) is 22.7. The molecule has 0 aliphatic rings. The third-order valence-corrected chi connectivity index (χ3v) is 8.28. The van der Waals surface area contributed by atoms with E-state index >= 15 is 0 Å². The first kappa shape index (κ1) is 25.2. The van der Waals surface area contributed by atoms with Crippen LogP contribution in [0.25, 0.3) is 15.9 Å². The molecule has 4 rings (SSSR count). The number of carbonyl (C=O) groups is 1. The average molecular weight is 506 g/mol. The molecule has 0 radical (unpaired) electrons. The van der Waals surface area contributed by atoms with E-state index in [2.05, 4.69) is 25.2 Å². The van der Waals surface area contributed by atoms with Gasteiger partial charge >= 0.3 is 0 Å². The molecular formula is C28H31N3O2S2. The molecule has 1 amide bonds. The third kappa shape index (κ3) is 5.36. The summed E-state index contributed by atoms with van der Waals surface area (Å²) >= 11 is 2.88. The molecule has 0 saturated heterocycles. The highest BCUT2D eigenvalue weighted by molar-refractivity contribution is 7.99. The Labute approximate surface area is 214 Å². The average Bonchev–Trinajstić information content (AvgIpc) is 3.09. The smallest absolute Gasteiger partial charge is 0.267 e. The number of rotatable bonds is 7. The number of amides is 1. The van der Waals surface area contributed by atoms with Gasteiger partial charge in [0.05, 0.1) is 16.8 Å². The Morgan fingerprint density at radius 1 is 1.03 bits per heavy atom. The van der Waals surface area contributed by atoms with Gasteiger partial charge in [-0.25, -0.2) is 4.98 Å². The van der Waals surface area contributed by atoms with E-state index in [0.29, 0.717) is 10.5 Å². The van der Waals surface area contributed by atoms with E-state index in [1.165, 1.54) is 16.6 Å². The molecule has 0 aliphatic carbocycles. The third-order valence-electron chi connectivity index (χ3n) is 6.10.